The number of nitrogens with zero attached hydrogens (tertiary/aromatic N) is 1. The molecular weight excluding hydrogens is 208 g/mol. The van der Waals surface area contributed by atoms with Crippen LogP contribution in [0.15, 0.2) is 12.1 Å². The van der Waals surface area contributed by atoms with Crippen LogP contribution < -0.4 is 10.5 Å². The van der Waals surface area contributed by atoms with Gasteiger partial charge >= 0.3 is 0 Å². The Balaban J connectivity index is 2.52. The largest absolute Gasteiger partial charge is 0.491 e. The predicted molar refractivity (Wildman–Crippen MR) is 65.4 cm³/mol. The SMILES string of the molecule is CCSCCOc1ccc(C)nc1CN. The Morgan fingerprint density at radius 3 is 2.93 bits per heavy atom. The highest BCUT2D eigenvalue weighted by Gasteiger charge is 2.03. The first-order chi connectivity index (χ1) is 7.27. The van der Waals surface area contributed by atoms with Gasteiger partial charge in [0, 0.05) is 18.0 Å². The monoisotopic (exact) mass is 226 g/mol. The van der Waals surface area contributed by atoms with E-state index in [1.54, 1.807) is 0 Å². The Morgan fingerprint density at radius 1 is 1.47 bits per heavy atom. The van der Waals surface area contributed by atoms with E-state index in [4.69, 9.17) is 10.5 Å². The Kier molecular flexibility index (Phi) is 5.50. The summed E-state index contributed by atoms with van der Waals surface area (Å²) < 4.78 is 5.62. The lowest BCUT2D eigenvalue weighted by molar-refractivity contribution is 0.338. The zero-order valence-electron chi connectivity index (χ0n) is 9.32. The molecule has 1 heterocycles. The van der Waals surface area contributed by atoms with Crippen LogP contribution in [0, 0.1) is 6.92 Å². The molecule has 0 aliphatic carbocycles. The molecule has 3 nitrogen and oxygen atoms in total. The maximum atomic E-state index is 5.62. The molecule has 84 valence electrons. The van der Waals surface area contributed by atoms with Gasteiger partial charge in [-0.05, 0) is 24.8 Å². The van der Waals surface area contributed by atoms with Crippen molar-refractivity contribution in [2.45, 2.75) is 20.4 Å². The summed E-state index contributed by atoms with van der Waals surface area (Å²) in [5, 5.41) is 0. The molecule has 0 aliphatic rings. The van der Waals surface area contributed by atoms with Gasteiger partial charge in [-0.1, -0.05) is 6.92 Å². The summed E-state index contributed by atoms with van der Waals surface area (Å²) in [5.74, 6) is 2.95. The van der Waals surface area contributed by atoms with Crippen molar-refractivity contribution in [3.8, 4) is 5.75 Å². The van der Waals surface area contributed by atoms with E-state index in [2.05, 4.69) is 11.9 Å². The van der Waals surface area contributed by atoms with Crippen LogP contribution in [0.4, 0.5) is 0 Å². The molecule has 1 aromatic heterocycles. The average molecular weight is 226 g/mol. The molecule has 0 atom stereocenters. The Morgan fingerprint density at radius 2 is 2.27 bits per heavy atom. The molecular formula is C11H18N2OS. The third-order valence-corrected chi connectivity index (χ3v) is 2.82. The minimum atomic E-state index is 0.429. The molecule has 0 amide bonds. The minimum Gasteiger partial charge on any atom is -0.491 e. The fourth-order valence-corrected chi connectivity index (χ4v) is 1.72. The molecule has 1 rings (SSSR count). The van der Waals surface area contributed by atoms with E-state index in [1.807, 2.05) is 30.8 Å². The second-order valence-corrected chi connectivity index (χ2v) is 4.54. The van der Waals surface area contributed by atoms with E-state index in [-0.39, 0.29) is 0 Å². The molecule has 1 aromatic rings. The molecule has 0 fully saturated rings. The molecule has 0 saturated heterocycles. The maximum Gasteiger partial charge on any atom is 0.142 e. The van der Waals surface area contributed by atoms with E-state index in [1.165, 1.54) is 0 Å². The summed E-state index contributed by atoms with van der Waals surface area (Å²) in [5.41, 5.74) is 7.42. The second-order valence-electron chi connectivity index (χ2n) is 3.15. The number of nitrogens with two attached hydrogens (primary N) is 1. The van der Waals surface area contributed by atoms with Crippen LogP contribution in [0.2, 0.25) is 0 Å². The van der Waals surface area contributed by atoms with E-state index in [0.717, 1.165) is 35.2 Å². The zero-order chi connectivity index (χ0) is 11.1. The zero-order valence-corrected chi connectivity index (χ0v) is 10.1. The topological polar surface area (TPSA) is 48.1 Å². The number of ether oxygens (including phenoxy) is 1. The lowest BCUT2D eigenvalue weighted by Gasteiger charge is -2.09. The summed E-state index contributed by atoms with van der Waals surface area (Å²) in [6.07, 6.45) is 0. The third-order valence-electron chi connectivity index (χ3n) is 1.95. The quantitative estimate of drug-likeness (QED) is 0.754. The summed E-state index contributed by atoms with van der Waals surface area (Å²) in [6, 6.07) is 3.89. The molecule has 0 saturated carbocycles. The Bertz CT molecular complexity index is 305. The normalized spacial score (nSPS) is 10.3. The molecule has 0 aliphatic heterocycles. The van der Waals surface area contributed by atoms with Crippen LogP contribution in [0.1, 0.15) is 18.3 Å². The average Bonchev–Trinajstić information content (AvgIpc) is 2.26. The van der Waals surface area contributed by atoms with E-state index in [0.29, 0.717) is 6.54 Å². The first-order valence-corrected chi connectivity index (χ1v) is 6.30. The summed E-state index contributed by atoms with van der Waals surface area (Å²) in [6.45, 7) is 5.24. The van der Waals surface area contributed by atoms with Gasteiger partial charge < -0.3 is 10.5 Å². The standard InChI is InChI=1S/C11H18N2OS/c1-3-15-7-6-14-11-5-4-9(2)13-10(11)8-12/h4-5H,3,6-8,12H2,1-2H3. The summed E-state index contributed by atoms with van der Waals surface area (Å²) in [7, 11) is 0. The van der Waals surface area contributed by atoms with Crippen molar-refractivity contribution in [2.24, 2.45) is 5.73 Å². The number of thioether (sulfide) groups is 1. The van der Waals surface area contributed by atoms with Crippen molar-refractivity contribution in [3.63, 3.8) is 0 Å². The number of aryl methyl sites for hydroxylation is 1. The summed E-state index contributed by atoms with van der Waals surface area (Å²) >= 11 is 1.87. The van der Waals surface area contributed by atoms with Crippen LogP contribution in [0.25, 0.3) is 0 Å². The van der Waals surface area contributed by atoms with Crippen molar-refractivity contribution < 1.29 is 4.74 Å². The molecule has 0 bridgehead atoms. The number of hydrogen-bond acceptors (Lipinski definition) is 4. The number of pyridine rings is 1. The molecule has 2 N–H and O–H groups in total. The van der Waals surface area contributed by atoms with Gasteiger partial charge in [0.05, 0.1) is 12.3 Å². The second kappa shape index (κ2) is 6.69. The molecule has 0 unspecified atom stereocenters. The lowest BCUT2D eigenvalue weighted by Crippen LogP contribution is -2.07. The third kappa shape index (κ3) is 4.10. The first kappa shape index (κ1) is 12.3. The van der Waals surface area contributed by atoms with Gasteiger partial charge in [0.15, 0.2) is 0 Å². The maximum absolute atomic E-state index is 5.62. The van der Waals surface area contributed by atoms with Crippen LogP contribution >= 0.6 is 11.8 Å². The summed E-state index contributed by atoms with van der Waals surface area (Å²) in [4.78, 5) is 4.33. The van der Waals surface area contributed by atoms with Crippen molar-refractivity contribution in [1.82, 2.24) is 4.98 Å². The van der Waals surface area contributed by atoms with Gasteiger partial charge in [0.1, 0.15) is 5.75 Å². The predicted octanol–water partition coefficient (Wildman–Crippen LogP) is 1.98. The van der Waals surface area contributed by atoms with Crippen molar-refractivity contribution in [2.75, 3.05) is 18.1 Å². The van der Waals surface area contributed by atoms with Gasteiger partial charge in [-0.25, -0.2) is 0 Å². The molecule has 15 heavy (non-hydrogen) atoms. The van der Waals surface area contributed by atoms with Gasteiger partial charge in [0.25, 0.3) is 0 Å². The molecule has 0 aromatic carbocycles. The van der Waals surface area contributed by atoms with Crippen LogP contribution in [0.3, 0.4) is 0 Å². The highest BCUT2D eigenvalue weighted by atomic mass is 32.2. The van der Waals surface area contributed by atoms with Gasteiger partial charge in [-0.3, -0.25) is 4.98 Å². The van der Waals surface area contributed by atoms with Gasteiger partial charge in [-0.15, -0.1) is 0 Å². The van der Waals surface area contributed by atoms with Crippen molar-refractivity contribution in [3.05, 3.63) is 23.5 Å². The number of hydrogen-bond donors (Lipinski definition) is 1. The molecule has 0 spiro atoms. The van der Waals surface area contributed by atoms with E-state index in [9.17, 15) is 0 Å². The van der Waals surface area contributed by atoms with Crippen LogP contribution in [-0.4, -0.2) is 23.1 Å². The fraction of sp³-hybridized carbons (Fsp3) is 0.545. The Labute approximate surface area is 95.4 Å². The lowest BCUT2D eigenvalue weighted by atomic mass is 10.3. The highest BCUT2D eigenvalue weighted by molar-refractivity contribution is 7.99. The highest BCUT2D eigenvalue weighted by Crippen LogP contribution is 2.16. The van der Waals surface area contributed by atoms with Gasteiger partial charge in [-0.2, -0.15) is 11.8 Å². The van der Waals surface area contributed by atoms with Crippen LogP contribution in [-0.2, 0) is 6.54 Å². The van der Waals surface area contributed by atoms with Gasteiger partial charge in [0.2, 0.25) is 0 Å². The van der Waals surface area contributed by atoms with Crippen molar-refractivity contribution in [1.29, 1.82) is 0 Å². The van der Waals surface area contributed by atoms with E-state index < -0.39 is 0 Å². The molecule has 0 radical (unpaired) electrons. The smallest absolute Gasteiger partial charge is 0.142 e. The Hall–Kier alpha value is -0.740. The van der Waals surface area contributed by atoms with Crippen molar-refractivity contribution >= 4 is 11.8 Å². The fourth-order valence-electron chi connectivity index (χ4n) is 1.23. The number of rotatable bonds is 6. The first-order valence-electron chi connectivity index (χ1n) is 5.15. The molecule has 4 heteroatoms. The number of aromatic nitrogens is 1. The minimum absolute atomic E-state index is 0.429. The van der Waals surface area contributed by atoms with E-state index >= 15 is 0 Å². The van der Waals surface area contributed by atoms with Crippen LogP contribution in [0.5, 0.6) is 5.75 Å².